The SMILES string of the molecule is COc1ccc2nccc([C@H](F)CC[C@@H]3CCN(CCCSc4ccncc4)C[C@@H]3CC(=O)O)c2c1. The maximum atomic E-state index is 15.5. The highest BCUT2D eigenvalue weighted by atomic mass is 32.2. The van der Waals surface area contributed by atoms with Crippen LogP contribution in [0.4, 0.5) is 4.39 Å². The first-order chi connectivity index (χ1) is 17.5. The number of carboxylic acid groups (broad SMARTS) is 1. The monoisotopic (exact) mass is 511 g/mol. The van der Waals surface area contributed by atoms with Crippen LogP contribution in [-0.2, 0) is 4.79 Å². The van der Waals surface area contributed by atoms with E-state index >= 15 is 4.39 Å². The zero-order valence-corrected chi connectivity index (χ0v) is 21.5. The molecule has 0 radical (unpaired) electrons. The molecule has 3 aromatic rings. The Hall–Kier alpha value is -2.71. The number of nitrogens with zero attached hydrogens (tertiary/aromatic N) is 3. The Balaban J connectivity index is 1.31. The summed E-state index contributed by atoms with van der Waals surface area (Å²) in [4.78, 5) is 23.6. The summed E-state index contributed by atoms with van der Waals surface area (Å²) in [5, 5.41) is 10.3. The molecule has 1 fully saturated rings. The second-order valence-corrected chi connectivity index (χ2v) is 10.6. The number of rotatable bonds is 12. The lowest BCUT2D eigenvalue weighted by Gasteiger charge is -2.38. The lowest BCUT2D eigenvalue weighted by Crippen LogP contribution is -2.42. The third kappa shape index (κ3) is 7.17. The zero-order chi connectivity index (χ0) is 25.3. The molecule has 1 N–H and O–H groups in total. The summed E-state index contributed by atoms with van der Waals surface area (Å²) >= 11 is 1.82. The van der Waals surface area contributed by atoms with Crippen molar-refractivity contribution >= 4 is 28.6 Å². The maximum absolute atomic E-state index is 15.5. The molecule has 1 saturated heterocycles. The molecule has 8 heteroatoms. The summed E-state index contributed by atoms with van der Waals surface area (Å²) in [6.07, 6.45) is 7.28. The molecular weight excluding hydrogens is 477 g/mol. The van der Waals surface area contributed by atoms with Crippen molar-refractivity contribution < 1.29 is 19.0 Å². The lowest BCUT2D eigenvalue weighted by molar-refractivity contribution is -0.139. The number of thioether (sulfide) groups is 1. The third-order valence-electron chi connectivity index (χ3n) is 7.06. The van der Waals surface area contributed by atoms with Crippen molar-refractivity contribution in [1.82, 2.24) is 14.9 Å². The molecule has 0 aliphatic carbocycles. The van der Waals surface area contributed by atoms with E-state index in [1.165, 1.54) is 4.90 Å². The van der Waals surface area contributed by atoms with Gasteiger partial charge >= 0.3 is 5.97 Å². The van der Waals surface area contributed by atoms with Gasteiger partial charge < -0.3 is 14.7 Å². The van der Waals surface area contributed by atoms with E-state index in [2.05, 4.69) is 14.9 Å². The minimum absolute atomic E-state index is 0.0468. The van der Waals surface area contributed by atoms with Gasteiger partial charge in [-0.1, -0.05) is 0 Å². The first-order valence-electron chi connectivity index (χ1n) is 12.6. The molecule has 192 valence electrons. The number of pyridine rings is 2. The molecule has 0 spiro atoms. The molecular formula is C28H34FN3O3S. The van der Waals surface area contributed by atoms with Crippen LogP contribution in [0.25, 0.3) is 10.9 Å². The van der Waals surface area contributed by atoms with Crippen molar-refractivity contribution in [2.45, 2.75) is 43.2 Å². The smallest absolute Gasteiger partial charge is 0.303 e. The first kappa shape index (κ1) is 26.4. The van der Waals surface area contributed by atoms with Crippen molar-refractivity contribution in [3.63, 3.8) is 0 Å². The number of aromatic nitrogens is 2. The van der Waals surface area contributed by atoms with Gasteiger partial charge in [0.25, 0.3) is 0 Å². The second kappa shape index (κ2) is 13.0. The lowest BCUT2D eigenvalue weighted by atomic mass is 9.79. The quantitative estimate of drug-likeness (QED) is 0.235. The summed E-state index contributed by atoms with van der Waals surface area (Å²) in [5.41, 5.74) is 1.37. The fraction of sp³-hybridized carbons (Fsp3) is 0.464. The van der Waals surface area contributed by atoms with Gasteiger partial charge in [0.1, 0.15) is 11.9 Å². The third-order valence-corrected chi connectivity index (χ3v) is 8.16. The van der Waals surface area contributed by atoms with E-state index < -0.39 is 12.1 Å². The minimum atomic E-state index is -1.13. The predicted octanol–water partition coefficient (Wildman–Crippen LogP) is 6.02. The number of benzene rings is 1. The molecule has 4 rings (SSSR count). The number of carbonyl (C=O) groups is 1. The number of hydrogen-bond donors (Lipinski definition) is 1. The van der Waals surface area contributed by atoms with Crippen LogP contribution in [0.5, 0.6) is 5.75 Å². The van der Waals surface area contributed by atoms with Gasteiger partial charge in [-0.15, -0.1) is 11.8 Å². The van der Waals surface area contributed by atoms with E-state index in [0.29, 0.717) is 24.2 Å². The Morgan fingerprint density at radius 2 is 2.06 bits per heavy atom. The van der Waals surface area contributed by atoms with Crippen molar-refractivity contribution in [3.05, 3.63) is 60.6 Å². The number of piperidine rings is 1. The van der Waals surface area contributed by atoms with Crippen molar-refractivity contribution in [2.75, 3.05) is 32.5 Å². The zero-order valence-electron chi connectivity index (χ0n) is 20.7. The van der Waals surface area contributed by atoms with Gasteiger partial charge in [0.15, 0.2) is 0 Å². The number of hydrogen-bond acceptors (Lipinski definition) is 6. The number of halogens is 1. The van der Waals surface area contributed by atoms with Crippen LogP contribution in [0.1, 0.15) is 43.8 Å². The summed E-state index contributed by atoms with van der Waals surface area (Å²) in [7, 11) is 1.60. The van der Waals surface area contributed by atoms with Crippen LogP contribution in [0.2, 0.25) is 0 Å². The molecule has 2 aromatic heterocycles. The van der Waals surface area contributed by atoms with E-state index in [4.69, 9.17) is 4.74 Å². The Morgan fingerprint density at radius 1 is 1.22 bits per heavy atom. The number of methoxy groups -OCH3 is 1. The van der Waals surface area contributed by atoms with Crippen LogP contribution < -0.4 is 4.74 Å². The fourth-order valence-corrected chi connectivity index (χ4v) is 5.99. The number of alkyl halides is 1. The Bertz CT molecular complexity index is 1130. The average molecular weight is 512 g/mol. The van der Waals surface area contributed by atoms with Gasteiger partial charge in [0, 0.05) is 41.8 Å². The summed E-state index contributed by atoms with van der Waals surface area (Å²) in [5.74, 6) is 1.18. The van der Waals surface area contributed by atoms with Gasteiger partial charge in [-0.05, 0) is 98.3 Å². The largest absolute Gasteiger partial charge is 0.497 e. The molecule has 3 atom stereocenters. The molecule has 36 heavy (non-hydrogen) atoms. The summed E-state index contributed by atoms with van der Waals surface area (Å²) in [6.45, 7) is 2.66. The van der Waals surface area contributed by atoms with Gasteiger partial charge in [0.2, 0.25) is 0 Å². The van der Waals surface area contributed by atoms with Crippen LogP contribution in [-0.4, -0.2) is 58.4 Å². The number of aliphatic carboxylic acids is 1. The van der Waals surface area contributed by atoms with Crippen molar-refractivity contribution in [3.8, 4) is 5.75 Å². The highest BCUT2D eigenvalue weighted by Crippen LogP contribution is 2.36. The van der Waals surface area contributed by atoms with Crippen molar-refractivity contribution in [1.29, 1.82) is 0 Å². The molecule has 0 bridgehead atoms. The van der Waals surface area contributed by atoms with Gasteiger partial charge in [-0.25, -0.2) is 4.39 Å². The first-order valence-corrected chi connectivity index (χ1v) is 13.6. The van der Waals surface area contributed by atoms with E-state index in [9.17, 15) is 9.90 Å². The molecule has 1 aromatic carbocycles. The van der Waals surface area contributed by atoms with E-state index in [-0.39, 0.29) is 18.3 Å². The molecule has 0 amide bonds. The predicted molar refractivity (Wildman–Crippen MR) is 141 cm³/mol. The average Bonchev–Trinajstić information content (AvgIpc) is 2.90. The molecule has 3 heterocycles. The van der Waals surface area contributed by atoms with Crippen LogP contribution >= 0.6 is 11.8 Å². The van der Waals surface area contributed by atoms with Gasteiger partial charge in [-0.3, -0.25) is 14.8 Å². The Labute approximate surface area is 216 Å². The number of carboxylic acids is 1. The van der Waals surface area contributed by atoms with Crippen molar-refractivity contribution in [2.24, 2.45) is 11.8 Å². The minimum Gasteiger partial charge on any atom is -0.497 e. The van der Waals surface area contributed by atoms with Crippen LogP contribution in [0.3, 0.4) is 0 Å². The van der Waals surface area contributed by atoms with E-state index in [1.807, 2.05) is 42.1 Å². The summed E-state index contributed by atoms with van der Waals surface area (Å²) in [6, 6.07) is 11.3. The molecule has 0 saturated carbocycles. The fourth-order valence-electron chi connectivity index (χ4n) is 5.17. The van der Waals surface area contributed by atoms with Gasteiger partial charge in [0.05, 0.1) is 12.6 Å². The maximum Gasteiger partial charge on any atom is 0.303 e. The topological polar surface area (TPSA) is 75.5 Å². The second-order valence-electron chi connectivity index (χ2n) is 9.42. The number of ether oxygens (including phenoxy) is 1. The summed E-state index contributed by atoms with van der Waals surface area (Å²) < 4.78 is 20.8. The van der Waals surface area contributed by atoms with Gasteiger partial charge in [-0.2, -0.15) is 0 Å². The number of likely N-dealkylation sites (tertiary alicyclic amines) is 1. The van der Waals surface area contributed by atoms with Crippen LogP contribution in [0, 0.1) is 11.8 Å². The van der Waals surface area contributed by atoms with E-state index in [0.717, 1.165) is 49.1 Å². The highest BCUT2D eigenvalue weighted by Gasteiger charge is 2.31. The number of fused-ring (bicyclic) bond motifs is 1. The standard InChI is InChI=1S/C28H34FN3O3S/c1-35-22-4-6-27-25(18-22)24(9-13-31-27)26(29)5-3-20-10-15-32(19-21(20)17-28(33)34)14-2-16-36-23-7-11-30-12-8-23/h4,6-9,11-13,18,20-21,26H,2-3,5,10,14-17,19H2,1H3,(H,33,34)/t20-,21+,26-/m1/s1. The van der Waals surface area contributed by atoms with Crippen LogP contribution in [0.15, 0.2) is 59.9 Å². The van der Waals surface area contributed by atoms with E-state index in [1.54, 1.807) is 31.8 Å². The highest BCUT2D eigenvalue weighted by molar-refractivity contribution is 7.99. The Morgan fingerprint density at radius 3 is 2.83 bits per heavy atom. The molecule has 6 nitrogen and oxygen atoms in total. The molecule has 0 unspecified atom stereocenters. The Kier molecular flexibility index (Phi) is 9.53. The molecule has 1 aliphatic heterocycles. The normalized spacial score (nSPS) is 19.3. The molecule has 1 aliphatic rings.